The topological polar surface area (TPSA) is 47.9 Å². The minimum atomic E-state index is 0.203. The molecule has 23 heavy (non-hydrogen) atoms. The number of hydrogen-bond donors (Lipinski definition) is 1. The molecule has 4 heteroatoms. The fourth-order valence-electron chi connectivity index (χ4n) is 2.62. The average molecular weight is 310 g/mol. The number of ether oxygens (including phenoxy) is 3. The van der Waals surface area contributed by atoms with Crippen LogP contribution in [0, 0.1) is 0 Å². The van der Waals surface area contributed by atoms with E-state index >= 15 is 0 Å². The van der Waals surface area contributed by atoms with Crippen molar-refractivity contribution in [3.8, 4) is 34.1 Å². The Kier molecular flexibility index (Phi) is 3.98. The van der Waals surface area contributed by atoms with E-state index in [0.29, 0.717) is 11.5 Å². The first-order valence-corrected chi connectivity index (χ1v) is 7.19. The van der Waals surface area contributed by atoms with Gasteiger partial charge in [-0.25, -0.2) is 0 Å². The molecule has 0 radical (unpaired) electrons. The van der Waals surface area contributed by atoms with Gasteiger partial charge in [0.1, 0.15) is 11.5 Å². The first kappa shape index (κ1) is 15.0. The highest BCUT2D eigenvalue weighted by atomic mass is 16.5. The van der Waals surface area contributed by atoms with Crippen molar-refractivity contribution in [1.82, 2.24) is 0 Å². The molecule has 0 aliphatic heterocycles. The highest BCUT2D eigenvalue weighted by Crippen LogP contribution is 2.38. The standard InChI is InChI=1S/C19H18O4/c1-21-15-6-4-12(5-7-15)13-8-14-10-18(22-2)19(23-3)11-16(14)17(20)9-13/h4-11,20H,1-3H3. The lowest BCUT2D eigenvalue weighted by Gasteiger charge is -2.12. The third-order valence-electron chi connectivity index (χ3n) is 3.86. The number of methoxy groups -OCH3 is 3. The Morgan fingerprint density at radius 3 is 1.96 bits per heavy atom. The lowest BCUT2D eigenvalue weighted by molar-refractivity contribution is 0.355. The number of hydrogen-bond acceptors (Lipinski definition) is 4. The molecular formula is C19H18O4. The molecule has 0 aromatic heterocycles. The van der Waals surface area contributed by atoms with Crippen molar-refractivity contribution in [3.63, 3.8) is 0 Å². The van der Waals surface area contributed by atoms with Gasteiger partial charge in [-0.1, -0.05) is 12.1 Å². The first-order valence-electron chi connectivity index (χ1n) is 7.19. The Labute approximate surface area is 134 Å². The van der Waals surface area contributed by atoms with Crippen LogP contribution in [0.25, 0.3) is 21.9 Å². The van der Waals surface area contributed by atoms with Crippen LogP contribution in [0.1, 0.15) is 0 Å². The molecule has 0 saturated carbocycles. The van der Waals surface area contributed by atoms with Gasteiger partial charge < -0.3 is 19.3 Å². The van der Waals surface area contributed by atoms with Gasteiger partial charge in [0.15, 0.2) is 11.5 Å². The minimum Gasteiger partial charge on any atom is -0.507 e. The number of phenols is 1. The third-order valence-corrected chi connectivity index (χ3v) is 3.86. The van der Waals surface area contributed by atoms with Crippen molar-refractivity contribution in [1.29, 1.82) is 0 Å². The smallest absolute Gasteiger partial charge is 0.161 e. The number of rotatable bonds is 4. The van der Waals surface area contributed by atoms with Crippen molar-refractivity contribution in [2.24, 2.45) is 0 Å². The molecule has 0 atom stereocenters. The van der Waals surface area contributed by atoms with Gasteiger partial charge in [-0.05, 0) is 52.9 Å². The van der Waals surface area contributed by atoms with E-state index in [9.17, 15) is 5.11 Å². The molecule has 0 fully saturated rings. The predicted molar refractivity (Wildman–Crippen MR) is 90.7 cm³/mol. The van der Waals surface area contributed by atoms with Crippen molar-refractivity contribution in [2.75, 3.05) is 21.3 Å². The molecule has 118 valence electrons. The molecule has 1 N–H and O–H groups in total. The van der Waals surface area contributed by atoms with E-state index in [4.69, 9.17) is 14.2 Å². The van der Waals surface area contributed by atoms with Crippen LogP contribution in [0.2, 0.25) is 0 Å². The Hall–Kier alpha value is -2.88. The molecule has 0 bridgehead atoms. The fourth-order valence-corrected chi connectivity index (χ4v) is 2.62. The number of phenolic OH excluding ortho intramolecular Hbond substituents is 1. The zero-order valence-electron chi connectivity index (χ0n) is 13.3. The van der Waals surface area contributed by atoms with Gasteiger partial charge in [-0.3, -0.25) is 0 Å². The Balaban J connectivity index is 2.15. The van der Waals surface area contributed by atoms with Crippen LogP contribution in [0.5, 0.6) is 23.0 Å². The van der Waals surface area contributed by atoms with E-state index < -0.39 is 0 Å². The van der Waals surface area contributed by atoms with Crippen LogP contribution in [0.3, 0.4) is 0 Å². The highest BCUT2D eigenvalue weighted by Gasteiger charge is 2.11. The molecule has 3 aromatic rings. The Bertz CT molecular complexity index is 838. The molecule has 0 amide bonds. The summed E-state index contributed by atoms with van der Waals surface area (Å²) >= 11 is 0. The molecule has 3 aromatic carbocycles. The van der Waals surface area contributed by atoms with Crippen LogP contribution >= 0.6 is 0 Å². The van der Waals surface area contributed by atoms with E-state index in [1.54, 1.807) is 33.5 Å². The van der Waals surface area contributed by atoms with Gasteiger partial charge in [0, 0.05) is 5.39 Å². The summed E-state index contributed by atoms with van der Waals surface area (Å²) in [6.07, 6.45) is 0. The second-order valence-corrected chi connectivity index (χ2v) is 5.15. The number of aromatic hydroxyl groups is 1. The van der Waals surface area contributed by atoms with Gasteiger partial charge >= 0.3 is 0 Å². The second kappa shape index (κ2) is 6.08. The molecule has 0 heterocycles. The zero-order chi connectivity index (χ0) is 16.4. The van der Waals surface area contributed by atoms with E-state index in [1.807, 2.05) is 36.4 Å². The molecule has 4 nitrogen and oxygen atoms in total. The summed E-state index contributed by atoms with van der Waals surface area (Å²) in [6, 6.07) is 15.1. The Morgan fingerprint density at radius 2 is 1.35 bits per heavy atom. The summed E-state index contributed by atoms with van der Waals surface area (Å²) in [7, 11) is 4.81. The van der Waals surface area contributed by atoms with E-state index in [0.717, 1.165) is 27.6 Å². The van der Waals surface area contributed by atoms with Crippen molar-refractivity contribution in [2.45, 2.75) is 0 Å². The number of fused-ring (bicyclic) bond motifs is 1. The van der Waals surface area contributed by atoms with Crippen molar-refractivity contribution < 1.29 is 19.3 Å². The van der Waals surface area contributed by atoms with Gasteiger partial charge in [-0.15, -0.1) is 0 Å². The maximum absolute atomic E-state index is 10.4. The van der Waals surface area contributed by atoms with Gasteiger partial charge in [0.05, 0.1) is 21.3 Å². The third kappa shape index (κ3) is 2.75. The van der Waals surface area contributed by atoms with E-state index in [-0.39, 0.29) is 5.75 Å². The largest absolute Gasteiger partial charge is 0.507 e. The summed E-state index contributed by atoms with van der Waals surface area (Å²) in [5.74, 6) is 2.22. The van der Waals surface area contributed by atoms with Crippen LogP contribution in [0.4, 0.5) is 0 Å². The SMILES string of the molecule is COc1ccc(-c2cc(O)c3cc(OC)c(OC)cc3c2)cc1. The lowest BCUT2D eigenvalue weighted by atomic mass is 10.00. The quantitative estimate of drug-likeness (QED) is 0.783. The van der Waals surface area contributed by atoms with Crippen LogP contribution in [0.15, 0.2) is 48.5 Å². The van der Waals surface area contributed by atoms with Crippen molar-refractivity contribution >= 4 is 10.8 Å². The lowest BCUT2D eigenvalue weighted by Crippen LogP contribution is -1.91. The molecule has 0 aliphatic carbocycles. The van der Waals surface area contributed by atoms with E-state index in [2.05, 4.69) is 0 Å². The summed E-state index contributed by atoms with van der Waals surface area (Å²) < 4.78 is 15.8. The Morgan fingerprint density at radius 1 is 0.696 bits per heavy atom. The maximum atomic E-state index is 10.4. The average Bonchev–Trinajstić information content (AvgIpc) is 2.60. The minimum absolute atomic E-state index is 0.203. The zero-order valence-corrected chi connectivity index (χ0v) is 13.3. The van der Waals surface area contributed by atoms with Gasteiger partial charge in [0.25, 0.3) is 0 Å². The predicted octanol–water partition coefficient (Wildman–Crippen LogP) is 4.24. The molecule has 0 spiro atoms. The number of benzene rings is 3. The summed E-state index contributed by atoms with van der Waals surface area (Å²) in [6.45, 7) is 0. The summed E-state index contributed by atoms with van der Waals surface area (Å²) in [5.41, 5.74) is 1.92. The molecule has 3 rings (SSSR count). The molecule has 0 saturated heterocycles. The molecule has 0 aliphatic rings. The normalized spacial score (nSPS) is 10.6. The monoisotopic (exact) mass is 310 g/mol. The summed E-state index contributed by atoms with van der Waals surface area (Å²) in [4.78, 5) is 0. The highest BCUT2D eigenvalue weighted by molar-refractivity contribution is 5.94. The van der Waals surface area contributed by atoms with E-state index in [1.165, 1.54) is 0 Å². The van der Waals surface area contributed by atoms with Crippen LogP contribution in [-0.4, -0.2) is 26.4 Å². The summed E-state index contributed by atoms with van der Waals surface area (Å²) in [5, 5.41) is 12.0. The fraction of sp³-hybridized carbons (Fsp3) is 0.158. The maximum Gasteiger partial charge on any atom is 0.161 e. The first-order chi connectivity index (χ1) is 11.2. The molecule has 0 unspecified atom stereocenters. The van der Waals surface area contributed by atoms with Crippen LogP contribution < -0.4 is 14.2 Å². The molecular weight excluding hydrogens is 292 g/mol. The van der Waals surface area contributed by atoms with Crippen molar-refractivity contribution in [3.05, 3.63) is 48.5 Å². The van der Waals surface area contributed by atoms with Gasteiger partial charge in [-0.2, -0.15) is 0 Å². The second-order valence-electron chi connectivity index (χ2n) is 5.15. The van der Waals surface area contributed by atoms with Crippen LogP contribution in [-0.2, 0) is 0 Å². The van der Waals surface area contributed by atoms with Gasteiger partial charge in [0.2, 0.25) is 0 Å².